The van der Waals surface area contributed by atoms with Crippen molar-refractivity contribution in [3.63, 3.8) is 0 Å². The summed E-state index contributed by atoms with van der Waals surface area (Å²) >= 11 is 6.68. The van der Waals surface area contributed by atoms with Crippen molar-refractivity contribution in [3.05, 3.63) is 71.3 Å². The lowest BCUT2D eigenvalue weighted by Crippen LogP contribution is -2.39. The SMILES string of the molecule is CC(C)Oc1ccc(-c2nn(-c3ccccc3)cc2/C=C2\SC(=S)N(C3CCS(=O)(=O)C3)C2=O)cc1. The third-order valence-corrected chi connectivity index (χ3v) is 9.03. The van der Waals surface area contributed by atoms with Gasteiger partial charge in [0.25, 0.3) is 5.91 Å². The minimum atomic E-state index is -3.14. The Balaban J connectivity index is 1.52. The zero-order valence-electron chi connectivity index (χ0n) is 19.8. The topological polar surface area (TPSA) is 81.5 Å². The van der Waals surface area contributed by atoms with Gasteiger partial charge in [0.15, 0.2) is 9.84 Å². The third kappa shape index (κ3) is 5.11. The van der Waals surface area contributed by atoms with Crippen LogP contribution >= 0.6 is 24.0 Å². The molecule has 3 heterocycles. The van der Waals surface area contributed by atoms with Gasteiger partial charge in [0, 0.05) is 17.3 Å². The number of amides is 1. The molecule has 0 spiro atoms. The highest BCUT2D eigenvalue weighted by Gasteiger charge is 2.42. The molecular formula is C26H25N3O4S3. The maximum Gasteiger partial charge on any atom is 0.266 e. The van der Waals surface area contributed by atoms with Gasteiger partial charge in [0.1, 0.15) is 10.1 Å². The molecule has 10 heteroatoms. The summed E-state index contributed by atoms with van der Waals surface area (Å²) in [7, 11) is -3.14. The van der Waals surface area contributed by atoms with Gasteiger partial charge in [0.2, 0.25) is 0 Å². The number of rotatable bonds is 6. The Bertz CT molecular complexity index is 1450. The smallest absolute Gasteiger partial charge is 0.266 e. The first-order valence-corrected chi connectivity index (χ1v) is 14.6. The maximum atomic E-state index is 13.3. The van der Waals surface area contributed by atoms with Gasteiger partial charge in [-0.15, -0.1) is 0 Å². The van der Waals surface area contributed by atoms with Crippen molar-refractivity contribution in [2.75, 3.05) is 11.5 Å². The molecule has 186 valence electrons. The van der Waals surface area contributed by atoms with E-state index in [1.807, 2.05) is 74.6 Å². The monoisotopic (exact) mass is 539 g/mol. The van der Waals surface area contributed by atoms with Crippen LogP contribution in [0.5, 0.6) is 5.75 Å². The van der Waals surface area contributed by atoms with Gasteiger partial charge in [-0.3, -0.25) is 9.69 Å². The fourth-order valence-electron chi connectivity index (χ4n) is 4.31. The predicted molar refractivity (Wildman–Crippen MR) is 147 cm³/mol. The Hall–Kier alpha value is -2.95. The number of thiocarbonyl (C=S) groups is 1. The lowest BCUT2D eigenvalue weighted by Gasteiger charge is -2.20. The Kier molecular flexibility index (Phi) is 6.76. The number of ether oxygens (including phenoxy) is 1. The molecule has 0 aliphatic carbocycles. The minimum Gasteiger partial charge on any atom is -0.491 e. The second kappa shape index (κ2) is 9.84. The second-order valence-electron chi connectivity index (χ2n) is 9.01. The summed E-state index contributed by atoms with van der Waals surface area (Å²) in [5.74, 6) is 0.545. The number of aromatic nitrogens is 2. The molecule has 0 saturated carbocycles. The fraction of sp³-hybridized carbons (Fsp3) is 0.269. The second-order valence-corrected chi connectivity index (χ2v) is 12.9. The van der Waals surface area contributed by atoms with E-state index >= 15 is 0 Å². The van der Waals surface area contributed by atoms with Crippen molar-refractivity contribution in [2.24, 2.45) is 0 Å². The van der Waals surface area contributed by atoms with Gasteiger partial charge in [0.05, 0.1) is 39.9 Å². The maximum absolute atomic E-state index is 13.3. The summed E-state index contributed by atoms with van der Waals surface area (Å²) in [6.07, 6.45) is 4.16. The number of carbonyl (C=O) groups is 1. The summed E-state index contributed by atoms with van der Waals surface area (Å²) in [6, 6.07) is 17.0. The number of sulfone groups is 1. The van der Waals surface area contributed by atoms with Crippen molar-refractivity contribution < 1.29 is 17.9 Å². The van der Waals surface area contributed by atoms with Crippen molar-refractivity contribution in [1.29, 1.82) is 0 Å². The number of para-hydroxylation sites is 1. The van der Waals surface area contributed by atoms with Crippen molar-refractivity contribution in [1.82, 2.24) is 14.7 Å². The van der Waals surface area contributed by atoms with Crippen LogP contribution in [0.25, 0.3) is 23.0 Å². The first-order chi connectivity index (χ1) is 17.2. The summed E-state index contributed by atoms with van der Waals surface area (Å²) in [5.41, 5.74) is 3.24. The Morgan fingerprint density at radius 2 is 1.86 bits per heavy atom. The summed E-state index contributed by atoms with van der Waals surface area (Å²) in [6.45, 7) is 3.95. The van der Waals surface area contributed by atoms with Gasteiger partial charge in [-0.2, -0.15) is 5.10 Å². The van der Waals surface area contributed by atoms with E-state index in [0.29, 0.717) is 21.3 Å². The molecule has 2 aliphatic rings. The van der Waals surface area contributed by atoms with Gasteiger partial charge in [-0.25, -0.2) is 13.1 Å². The van der Waals surface area contributed by atoms with Gasteiger partial charge < -0.3 is 4.74 Å². The van der Waals surface area contributed by atoms with E-state index in [9.17, 15) is 13.2 Å². The summed E-state index contributed by atoms with van der Waals surface area (Å²) in [4.78, 5) is 15.2. The molecule has 1 atom stereocenters. The van der Waals surface area contributed by atoms with Crippen molar-refractivity contribution in [3.8, 4) is 22.7 Å². The molecule has 2 aromatic carbocycles. The predicted octanol–water partition coefficient (Wildman–Crippen LogP) is 4.71. The Morgan fingerprint density at radius 3 is 2.50 bits per heavy atom. The van der Waals surface area contributed by atoms with Crippen molar-refractivity contribution in [2.45, 2.75) is 32.4 Å². The van der Waals surface area contributed by atoms with Crippen LogP contribution in [-0.2, 0) is 14.6 Å². The molecule has 0 N–H and O–H groups in total. The van der Waals surface area contributed by atoms with E-state index < -0.39 is 15.9 Å². The molecule has 2 saturated heterocycles. The zero-order chi connectivity index (χ0) is 25.4. The highest BCUT2D eigenvalue weighted by molar-refractivity contribution is 8.26. The first kappa shape index (κ1) is 24.7. The van der Waals surface area contributed by atoms with E-state index in [0.717, 1.165) is 22.6 Å². The molecule has 36 heavy (non-hydrogen) atoms. The van der Waals surface area contributed by atoms with Gasteiger partial charge >= 0.3 is 0 Å². The number of thioether (sulfide) groups is 1. The molecule has 1 aromatic heterocycles. The average molecular weight is 540 g/mol. The molecule has 1 amide bonds. The number of carbonyl (C=O) groups excluding carboxylic acids is 1. The van der Waals surface area contributed by atoms with Crippen LogP contribution in [0.15, 0.2) is 65.7 Å². The number of hydrogen-bond acceptors (Lipinski definition) is 7. The van der Waals surface area contributed by atoms with Crippen molar-refractivity contribution >= 4 is 50.1 Å². The quantitative estimate of drug-likeness (QED) is 0.331. The van der Waals surface area contributed by atoms with Crippen LogP contribution in [0.1, 0.15) is 25.8 Å². The molecule has 1 unspecified atom stereocenters. The molecule has 7 nitrogen and oxygen atoms in total. The van der Waals surface area contributed by atoms with Crippen LogP contribution in [0.4, 0.5) is 0 Å². The summed E-state index contributed by atoms with van der Waals surface area (Å²) in [5, 5.41) is 4.83. The van der Waals surface area contributed by atoms with Crippen LogP contribution in [0.3, 0.4) is 0 Å². The molecule has 0 bridgehead atoms. The third-order valence-electron chi connectivity index (χ3n) is 5.95. The van der Waals surface area contributed by atoms with E-state index in [1.165, 1.54) is 16.7 Å². The standard InChI is InChI=1S/C26H25N3O4S3/c1-17(2)33-22-10-8-18(9-11-22)24-19(15-28(27-24)20-6-4-3-5-7-20)14-23-25(30)29(26(34)35-23)21-12-13-36(31,32)16-21/h3-11,14-15,17,21H,12-13,16H2,1-2H3/b23-14-. The average Bonchev–Trinajstić information content (AvgIpc) is 3.50. The van der Waals surface area contributed by atoms with Crippen LogP contribution in [0.2, 0.25) is 0 Å². The molecule has 5 rings (SSSR count). The van der Waals surface area contributed by atoms with Gasteiger partial charge in [-0.05, 0) is 62.7 Å². The number of hydrogen-bond donors (Lipinski definition) is 0. The molecule has 0 radical (unpaired) electrons. The van der Waals surface area contributed by atoms with E-state index in [2.05, 4.69) is 0 Å². The van der Waals surface area contributed by atoms with E-state index in [4.69, 9.17) is 22.1 Å². The minimum absolute atomic E-state index is 0.0469. The lowest BCUT2D eigenvalue weighted by molar-refractivity contribution is -0.123. The number of nitrogens with zero attached hydrogens (tertiary/aromatic N) is 3. The van der Waals surface area contributed by atoms with E-state index in [-0.39, 0.29) is 23.5 Å². The fourth-order valence-corrected chi connectivity index (χ4v) is 7.40. The Morgan fingerprint density at radius 1 is 1.14 bits per heavy atom. The largest absolute Gasteiger partial charge is 0.491 e. The normalized spacial score (nSPS) is 20.6. The summed E-state index contributed by atoms with van der Waals surface area (Å²) < 4.78 is 31.9. The lowest BCUT2D eigenvalue weighted by atomic mass is 10.1. The zero-order valence-corrected chi connectivity index (χ0v) is 22.3. The van der Waals surface area contributed by atoms with Crippen LogP contribution in [0, 0.1) is 0 Å². The molecule has 2 aliphatic heterocycles. The first-order valence-electron chi connectivity index (χ1n) is 11.6. The highest BCUT2D eigenvalue weighted by atomic mass is 32.2. The van der Waals surface area contributed by atoms with Gasteiger partial charge in [-0.1, -0.05) is 42.2 Å². The van der Waals surface area contributed by atoms with Crippen LogP contribution in [-0.4, -0.2) is 57.0 Å². The molecule has 3 aromatic rings. The Labute approximate surface area is 220 Å². The van der Waals surface area contributed by atoms with E-state index in [1.54, 1.807) is 10.8 Å². The molecular weight excluding hydrogens is 515 g/mol. The highest BCUT2D eigenvalue weighted by Crippen LogP contribution is 2.38. The molecule has 2 fully saturated rings. The number of benzene rings is 2. The van der Waals surface area contributed by atoms with Crippen LogP contribution < -0.4 is 4.74 Å².